The number of nitrogens with one attached hydrogen (secondary N) is 3. The Hall–Kier alpha value is -1.79. The van der Waals surface area contributed by atoms with Crippen molar-refractivity contribution in [2.75, 3.05) is 5.32 Å². The van der Waals surface area contributed by atoms with E-state index in [-0.39, 0.29) is 15.6 Å². The van der Waals surface area contributed by atoms with Gasteiger partial charge < -0.3 is 10.3 Å². The first-order chi connectivity index (χ1) is 8.09. The van der Waals surface area contributed by atoms with E-state index in [1.54, 1.807) is 6.07 Å². The lowest BCUT2D eigenvalue weighted by Gasteiger charge is -2.05. The van der Waals surface area contributed by atoms with Crippen molar-refractivity contribution in [1.29, 1.82) is 0 Å². The maximum atomic E-state index is 11.8. The number of carbonyl (C=O) groups is 1. The molecule has 0 spiro atoms. The number of amides is 1. The summed E-state index contributed by atoms with van der Waals surface area (Å²) < 4.78 is 0. The van der Waals surface area contributed by atoms with Crippen LogP contribution in [0.2, 0.25) is 10.0 Å². The van der Waals surface area contributed by atoms with Crippen LogP contribution in [0.5, 0.6) is 0 Å². The minimum atomic E-state index is -0.588. The molecule has 0 aromatic carbocycles. The van der Waals surface area contributed by atoms with Crippen molar-refractivity contribution in [1.82, 2.24) is 15.2 Å². The van der Waals surface area contributed by atoms with Gasteiger partial charge in [0.25, 0.3) is 11.5 Å². The van der Waals surface area contributed by atoms with Gasteiger partial charge in [0, 0.05) is 12.3 Å². The zero-order valence-electron chi connectivity index (χ0n) is 8.25. The van der Waals surface area contributed by atoms with Gasteiger partial charge in [-0.1, -0.05) is 23.2 Å². The predicted octanol–water partition coefficient (Wildman–Crippen LogP) is 1.66. The molecule has 0 aliphatic heterocycles. The maximum Gasteiger partial charge on any atom is 0.267 e. The van der Waals surface area contributed by atoms with Crippen LogP contribution in [0.1, 0.15) is 10.4 Å². The summed E-state index contributed by atoms with van der Waals surface area (Å²) in [5, 5.41) is 8.47. The minimum Gasteiger partial charge on any atom is -0.326 e. The second-order valence-corrected chi connectivity index (χ2v) is 3.86. The van der Waals surface area contributed by atoms with Gasteiger partial charge in [-0.05, 0) is 0 Å². The molecular weight excluding hydrogens is 267 g/mol. The van der Waals surface area contributed by atoms with Crippen molar-refractivity contribution >= 4 is 34.9 Å². The average Bonchev–Trinajstić information content (AvgIpc) is 2.77. The average molecular weight is 273 g/mol. The number of anilines is 1. The highest BCUT2D eigenvalue weighted by molar-refractivity contribution is 6.40. The molecule has 1 amide bonds. The van der Waals surface area contributed by atoms with Crippen molar-refractivity contribution in [2.45, 2.75) is 0 Å². The number of H-pyrrole nitrogens is 2. The highest BCUT2D eigenvalue weighted by atomic mass is 35.5. The van der Waals surface area contributed by atoms with E-state index in [2.05, 4.69) is 20.5 Å². The Morgan fingerprint density at radius 2 is 2.18 bits per heavy atom. The van der Waals surface area contributed by atoms with Gasteiger partial charge in [-0.25, -0.2) is 0 Å². The van der Waals surface area contributed by atoms with Gasteiger partial charge in [0.1, 0.15) is 10.8 Å². The molecule has 0 radical (unpaired) electrons. The summed E-state index contributed by atoms with van der Waals surface area (Å²) in [5.41, 5.74) is -0.655. The van der Waals surface area contributed by atoms with Gasteiger partial charge in [-0.2, -0.15) is 5.10 Å². The molecule has 2 aromatic rings. The summed E-state index contributed by atoms with van der Waals surface area (Å²) >= 11 is 11.5. The van der Waals surface area contributed by atoms with Crippen LogP contribution in [-0.4, -0.2) is 21.1 Å². The summed E-state index contributed by atoms with van der Waals surface area (Å²) in [6.45, 7) is 0. The minimum absolute atomic E-state index is 0.0617. The van der Waals surface area contributed by atoms with Crippen LogP contribution >= 0.6 is 23.2 Å². The summed E-state index contributed by atoms with van der Waals surface area (Å²) in [7, 11) is 0. The molecule has 3 N–H and O–H groups in total. The molecular formula is C9H6Cl2N4O2. The van der Waals surface area contributed by atoms with Gasteiger partial charge in [0.15, 0.2) is 0 Å². The fourth-order valence-electron chi connectivity index (χ4n) is 1.20. The molecule has 0 saturated carbocycles. The molecule has 0 fully saturated rings. The summed E-state index contributed by atoms with van der Waals surface area (Å²) in [6, 6.07) is 1.55. The number of aromatic amines is 2. The number of hydrogen-bond donors (Lipinski definition) is 3. The standard InChI is InChI=1S/C9H6Cl2N4O2/c10-4-3-12-9(17)7(11)6(4)8(16)14-5-1-2-13-15-5/h1-3H,(H,12,17)(H2,13,14,15,16). The number of halogens is 2. The Bertz CT molecular complexity index is 606. The van der Waals surface area contributed by atoms with Crippen LogP contribution in [-0.2, 0) is 0 Å². The molecule has 2 aromatic heterocycles. The van der Waals surface area contributed by atoms with Crippen molar-refractivity contribution in [3.05, 3.63) is 44.4 Å². The Balaban J connectivity index is 2.37. The van der Waals surface area contributed by atoms with Crippen molar-refractivity contribution in [3.63, 3.8) is 0 Å². The predicted molar refractivity (Wildman–Crippen MR) is 63.6 cm³/mol. The van der Waals surface area contributed by atoms with Crippen molar-refractivity contribution in [3.8, 4) is 0 Å². The van der Waals surface area contributed by atoms with Gasteiger partial charge in [0.2, 0.25) is 0 Å². The molecule has 17 heavy (non-hydrogen) atoms. The molecule has 0 aliphatic carbocycles. The van der Waals surface area contributed by atoms with Gasteiger partial charge in [0.05, 0.1) is 16.8 Å². The number of rotatable bonds is 2. The number of hydrogen-bond acceptors (Lipinski definition) is 3. The fourth-order valence-corrected chi connectivity index (χ4v) is 1.73. The van der Waals surface area contributed by atoms with E-state index in [1.165, 1.54) is 12.4 Å². The Morgan fingerprint density at radius 1 is 1.41 bits per heavy atom. The lowest BCUT2D eigenvalue weighted by Crippen LogP contribution is -2.18. The monoisotopic (exact) mass is 272 g/mol. The van der Waals surface area contributed by atoms with E-state index in [4.69, 9.17) is 23.2 Å². The number of pyridine rings is 1. The fraction of sp³-hybridized carbons (Fsp3) is 0. The molecule has 0 bridgehead atoms. The first-order valence-electron chi connectivity index (χ1n) is 4.47. The SMILES string of the molecule is O=C(Nc1ccn[nH]1)c1c(Cl)c[nH]c(=O)c1Cl. The number of carbonyl (C=O) groups excluding carboxylic acids is 1. The quantitative estimate of drug-likeness (QED) is 0.777. The first-order valence-corrected chi connectivity index (χ1v) is 5.22. The normalized spacial score (nSPS) is 10.2. The molecule has 0 unspecified atom stereocenters. The Morgan fingerprint density at radius 3 is 2.82 bits per heavy atom. The van der Waals surface area contributed by atoms with E-state index < -0.39 is 11.5 Å². The molecule has 2 rings (SSSR count). The zero-order valence-corrected chi connectivity index (χ0v) is 9.76. The third-order valence-corrected chi connectivity index (χ3v) is 2.62. The smallest absolute Gasteiger partial charge is 0.267 e. The van der Waals surface area contributed by atoms with Crippen molar-refractivity contribution in [2.24, 2.45) is 0 Å². The largest absolute Gasteiger partial charge is 0.326 e. The Labute approximate surface area is 105 Å². The number of nitrogens with zero attached hydrogens (tertiary/aromatic N) is 1. The van der Waals surface area contributed by atoms with Crippen LogP contribution in [0.15, 0.2) is 23.3 Å². The van der Waals surface area contributed by atoms with E-state index in [1.807, 2.05) is 0 Å². The van der Waals surface area contributed by atoms with Crippen LogP contribution in [0.4, 0.5) is 5.82 Å². The molecule has 88 valence electrons. The first kappa shape index (κ1) is 11.7. The van der Waals surface area contributed by atoms with E-state index in [9.17, 15) is 9.59 Å². The molecule has 8 heteroatoms. The van der Waals surface area contributed by atoms with Crippen LogP contribution < -0.4 is 10.9 Å². The van der Waals surface area contributed by atoms with Gasteiger partial charge in [-0.3, -0.25) is 14.7 Å². The summed E-state index contributed by atoms with van der Waals surface area (Å²) in [5.74, 6) is -0.210. The van der Waals surface area contributed by atoms with E-state index in [0.717, 1.165) is 0 Å². The molecule has 0 saturated heterocycles. The van der Waals surface area contributed by atoms with Gasteiger partial charge >= 0.3 is 0 Å². The van der Waals surface area contributed by atoms with Crippen LogP contribution in [0.3, 0.4) is 0 Å². The molecule has 6 nitrogen and oxygen atoms in total. The summed E-state index contributed by atoms with van der Waals surface area (Å²) in [6.07, 6.45) is 2.67. The third kappa shape index (κ3) is 2.32. The second kappa shape index (κ2) is 4.60. The lowest BCUT2D eigenvalue weighted by atomic mass is 10.2. The lowest BCUT2D eigenvalue weighted by molar-refractivity contribution is 0.102. The van der Waals surface area contributed by atoms with Gasteiger partial charge in [-0.15, -0.1) is 0 Å². The highest BCUT2D eigenvalue weighted by Gasteiger charge is 2.17. The maximum absolute atomic E-state index is 11.8. The van der Waals surface area contributed by atoms with E-state index >= 15 is 0 Å². The van der Waals surface area contributed by atoms with E-state index in [0.29, 0.717) is 5.82 Å². The third-order valence-electron chi connectivity index (χ3n) is 1.96. The molecule has 0 atom stereocenters. The zero-order chi connectivity index (χ0) is 12.4. The van der Waals surface area contributed by atoms with Crippen molar-refractivity contribution < 1.29 is 4.79 Å². The highest BCUT2D eigenvalue weighted by Crippen LogP contribution is 2.20. The molecule has 2 heterocycles. The summed E-state index contributed by atoms with van der Waals surface area (Å²) in [4.78, 5) is 25.4. The topological polar surface area (TPSA) is 90.6 Å². The number of aromatic nitrogens is 3. The Kier molecular flexibility index (Phi) is 3.16. The van der Waals surface area contributed by atoms with Crippen LogP contribution in [0, 0.1) is 0 Å². The van der Waals surface area contributed by atoms with Crippen LogP contribution in [0.25, 0.3) is 0 Å². The molecule has 0 aliphatic rings. The second-order valence-electron chi connectivity index (χ2n) is 3.08.